The van der Waals surface area contributed by atoms with Crippen LogP contribution in [-0.2, 0) is 0 Å². The number of nitrogens with zero attached hydrogens (tertiary/aromatic N) is 1. The second-order valence-corrected chi connectivity index (χ2v) is 9.32. The summed E-state index contributed by atoms with van der Waals surface area (Å²) in [5, 5.41) is 0. The Kier molecular flexibility index (Phi) is 5.39. The molecule has 0 aliphatic carbocycles. The predicted octanol–water partition coefficient (Wildman–Crippen LogP) is 3.05. The molecule has 0 spiro atoms. The van der Waals surface area contributed by atoms with Gasteiger partial charge in [-0.15, -0.1) is 11.1 Å². The fraction of sp³-hybridized carbons (Fsp3) is 1.00. The summed E-state index contributed by atoms with van der Waals surface area (Å²) in [7, 11) is 2.70. The van der Waals surface area contributed by atoms with Crippen molar-refractivity contribution in [1.29, 1.82) is 0 Å². The van der Waals surface area contributed by atoms with E-state index in [1.165, 1.54) is 18.9 Å². The topological polar surface area (TPSA) is 3.24 Å². The maximum atomic E-state index is 6.50. The lowest BCUT2D eigenvalue weighted by atomic mass is 10.4. The Balaban J connectivity index is 3.88. The van der Waals surface area contributed by atoms with E-state index in [9.17, 15) is 0 Å². The molecule has 11 heavy (non-hydrogen) atoms. The average molecular weight is 194 g/mol. The smallest absolute Gasteiger partial charge is 0.228 e. The molecule has 1 nitrogen and oxygen atoms in total. The minimum Gasteiger partial charge on any atom is -0.317 e. The molecule has 0 aromatic carbocycles. The highest BCUT2D eigenvalue weighted by molar-refractivity contribution is 7.18. The largest absolute Gasteiger partial charge is 0.317 e. The molecule has 0 saturated heterocycles. The predicted molar refractivity (Wildman–Crippen MR) is 55.5 cm³/mol. The van der Waals surface area contributed by atoms with Gasteiger partial charge in [0.05, 0.1) is 0 Å². The zero-order valence-electron chi connectivity index (χ0n) is 8.15. The van der Waals surface area contributed by atoms with Crippen LogP contribution in [0.15, 0.2) is 0 Å². The van der Waals surface area contributed by atoms with E-state index in [0.717, 1.165) is 6.04 Å². The van der Waals surface area contributed by atoms with Crippen molar-refractivity contribution in [2.75, 3.05) is 14.1 Å². The van der Waals surface area contributed by atoms with Gasteiger partial charge in [-0.3, -0.25) is 0 Å². The molecule has 0 aliphatic heterocycles. The van der Waals surface area contributed by atoms with Gasteiger partial charge in [-0.1, -0.05) is 26.7 Å². The van der Waals surface area contributed by atoms with Crippen molar-refractivity contribution in [3.05, 3.63) is 0 Å². The summed E-state index contributed by atoms with van der Waals surface area (Å²) in [6.45, 7) is 4.42. The Bertz CT molecular complexity index is 108. The monoisotopic (exact) mass is 193 g/mol. The highest BCUT2D eigenvalue weighted by Gasteiger charge is 2.30. The van der Waals surface area contributed by atoms with Gasteiger partial charge in [0.2, 0.25) is 7.55 Å². The van der Waals surface area contributed by atoms with Crippen molar-refractivity contribution in [1.82, 2.24) is 4.57 Å². The Morgan fingerprint density at radius 2 is 1.82 bits per heavy atom. The normalized spacial score (nSPS) is 16.9. The quantitative estimate of drug-likeness (QED) is 0.479. The van der Waals surface area contributed by atoms with Crippen LogP contribution in [0.3, 0.4) is 0 Å². The molecule has 1 unspecified atom stereocenters. The first-order valence-corrected chi connectivity index (χ1v) is 7.80. The molecular weight excluding hydrogens is 174 g/mol. The summed E-state index contributed by atoms with van der Waals surface area (Å²) in [5.41, 5.74) is 0. The highest BCUT2D eigenvalue weighted by atomic mass is 35.6. The van der Waals surface area contributed by atoms with E-state index in [0.29, 0.717) is 0 Å². The molecule has 0 aromatic rings. The van der Waals surface area contributed by atoms with Crippen LogP contribution in [-0.4, -0.2) is 26.2 Å². The summed E-state index contributed by atoms with van der Waals surface area (Å²) >= 11 is 6.50. The molecule has 0 heterocycles. The first-order chi connectivity index (χ1) is 5.06. The maximum Gasteiger partial charge on any atom is 0.228 e. The van der Waals surface area contributed by atoms with Crippen LogP contribution < -0.4 is 0 Å². The van der Waals surface area contributed by atoms with Crippen LogP contribution in [0.1, 0.15) is 26.7 Å². The fourth-order valence-electron chi connectivity index (χ4n) is 1.16. The maximum absolute atomic E-state index is 6.50. The lowest BCUT2D eigenvalue weighted by Gasteiger charge is -2.29. The summed E-state index contributed by atoms with van der Waals surface area (Å²) in [6.07, 6.45) is 2.54. The Morgan fingerprint density at radius 3 is 2.09 bits per heavy atom. The Morgan fingerprint density at radius 1 is 1.27 bits per heavy atom. The molecule has 0 N–H and O–H groups in total. The van der Waals surface area contributed by atoms with E-state index >= 15 is 0 Å². The zero-order valence-corrected chi connectivity index (χ0v) is 9.91. The van der Waals surface area contributed by atoms with E-state index in [4.69, 9.17) is 11.1 Å². The van der Waals surface area contributed by atoms with Gasteiger partial charge >= 0.3 is 0 Å². The number of hydrogen-bond donors (Lipinski definition) is 0. The van der Waals surface area contributed by atoms with E-state index in [-0.39, 0.29) is 0 Å². The standard InChI is InChI=1S/C8H20ClNSi/c1-5-7-8-11(9,6-2)10(3)4/h5-8H2,1-4H3. The highest BCUT2D eigenvalue weighted by Crippen LogP contribution is 2.24. The Hall–Kier alpha value is 0.467. The Labute approximate surface area is 76.5 Å². The van der Waals surface area contributed by atoms with E-state index in [1.807, 2.05) is 0 Å². The van der Waals surface area contributed by atoms with Crippen LogP contribution in [0.25, 0.3) is 0 Å². The molecule has 68 valence electrons. The zero-order chi connectivity index (χ0) is 8.91. The van der Waals surface area contributed by atoms with E-state index < -0.39 is 7.55 Å². The van der Waals surface area contributed by atoms with Crippen LogP contribution in [0, 0.1) is 0 Å². The number of hydrogen-bond acceptors (Lipinski definition) is 1. The summed E-state index contributed by atoms with van der Waals surface area (Å²) in [4.78, 5) is 0. The van der Waals surface area contributed by atoms with Gasteiger partial charge < -0.3 is 4.57 Å². The van der Waals surface area contributed by atoms with Gasteiger partial charge in [-0.05, 0) is 26.2 Å². The molecule has 0 saturated carbocycles. The van der Waals surface area contributed by atoms with Crippen molar-refractivity contribution in [2.24, 2.45) is 0 Å². The van der Waals surface area contributed by atoms with Crippen molar-refractivity contribution in [3.63, 3.8) is 0 Å². The molecule has 0 rings (SSSR count). The summed E-state index contributed by atoms with van der Waals surface area (Å²) in [6, 6.07) is 2.39. The first-order valence-electron chi connectivity index (χ1n) is 4.43. The van der Waals surface area contributed by atoms with Gasteiger partial charge in [-0.25, -0.2) is 0 Å². The lowest BCUT2D eigenvalue weighted by molar-refractivity contribution is 0.616. The molecule has 0 aromatic heterocycles. The van der Waals surface area contributed by atoms with Crippen LogP contribution in [0.2, 0.25) is 12.1 Å². The second-order valence-electron chi connectivity index (χ2n) is 3.27. The number of halogens is 1. The third-order valence-corrected chi connectivity index (χ3v) is 8.45. The van der Waals surface area contributed by atoms with E-state index in [1.54, 1.807) is 0 Å². The number of rotatable bonds is 5. The SMILES string of the molecule is CCCC[Si](Cl)(CC)N(C)C. The molecule has 0 aliphatic rings. The fourth-order valence-corrected chi connectivity index (χ4v) is 3.89. The molecule has 0 radical (unpaired) electrons. The van der Waals surface area contributed by atoms with Gasteiger partial charge in [0.1, 0.15) is 0 Å². The molecule has 0 fully saturated rings. The van der Waals surface area contributed by atoms with Crippen LogP contribution in [0.4, 0.5) is 0 Å². The minimum absolute atomic E-state index is 1.15. The van der Waals surface area contributed by atoms with Gasteiger partial charge in [-0.2, -0.15) is 0 Å². The third-order valence-electron chi connectivity index (χ3n) is 2.26. The molecule has 0 bridgehead atoms. The molecule has 0 amide bonds. The third kappa shape index (κ3) is 3.59. The molecular formula is C8H20ClNSi. The van der Waals surface area contributed by atoms with E-state index in [2.05, 4.69) is 32.5 Å². The molecule has 3 heteroatoms. The van der Waals surface area contributed by atoms with Crippen molar-refractivity contribution < 1.29 is 0 Å². The van der Waals surface area contributed by atoms with Crippen molar-refractivity contribution in [3.8, 4) is 0 Å². The minimum atomic E-state index is -1.52. The van der Waals surface area contributed by atoms with Gasteiger partial charge in [0.25, 0.3) is 0 Å². The van der Waals surface area contributed by atoms with Gasteiger partial charge in [0, 0.05) is 0 Å². The lowest BCUT2D eigenvalue weighted by Crippen LogP contribution is -2.43. The van der Waals surface area contributed by atoms with Gasteiger partial charge in [0.15, 0.2) is 0 Å². The van der Waals surface area contributed by atoms with Crippen LogP contribution >= 0.6 is 11.1 Å². The summed E-state index contributed by atoms with van der Waals surface area (Å²) in [5.74, 6) is 0. The van der Waals surface area contributed by atoms with Crippen LogP contribution in [0.5, 0.6) is 0 Å². The average Bonchev–Trinajstić information content (AvgIpc) is 2.00. The summed E-state index contributed by atoms with van der Waals surface area (Å²) < 4.78 is 2.25. The van der Waals surface area contributed by atoms with Crippen molar-refractivity contribution >= 4 is 18.6 Å². The number of unbranched alkanes of at least 4 members (excludes halogenated alkanes) is 1. The van der Waals surface area contributed by atoms with Crippen molar-refractivity contribution in [2.45, 2.75) is 38.8 Å². The second kappa shape index (κ2) is 5.17. The molecule has 1 atom stereocenters. The first kappa shape index (κ1) is 11.5.